The summed E-state index contributed by atoms with van der Waals surface area (Å²) < 4.78 is 0. The highest BCUT2D eigenvalue weighted by molar-refractivity contribution is 8.93. The monoisotopic (exact) mass is 248 g/mol. The fourth-order valence-corrected chi connectivity index (χ4v) is 1.49. The van der Waals surface area contributed by atoms with Gasteiger partial charge in [-0.05, 0) is 6.42 Å². The zero-order valence-electron chi connectivity index (χ0n) is 8.70. The summed E-state index contributed by atoms with van der Waals surface area (Å²) in [6.45, 7) is 4.52. The first kappa shape index (κ1) is 13.0. The van der Waals surface area contributed by atoms with Gasteiger partial charge in [0.05, 0.1) is 0 Å². The molecule has 0 aromatic carbocycles. The number of hydrogen-bond acceptors (Lipinski definition) is 2. The highest BCUT2D eigenvalue weighted by Gasteiger charge is 2.09. The first-order valence-electron chi connectivity index (χ1n) is 4.99. The van der Waals surface area contributed by atoms with E-state index in [9.17, 15) is 0 Å². The average Bonchev–Trinajstić information content (AvgIpc) is 2.46. The van der Waals surface area contributed by atoms with E-state index >= 15 is 0 Å². The Labute approximate surface area is 92.3 Å². The van der Waals surface area contributed by atoms with Crippen molar-refractivity contribution in [3.05, 3.63) is 12.3 Å². The Balaban J connectivity index is 0.00000144. The second kappa shape index (κ2) is 7.39. The quantitative estimate of drug-likeness (QED) is 0.691. The minimum absolute atomic E-state index is 0. The molecule has 0 saturated carbocycles. The Kier molecular flexibility index (Phi) is 7.38. The Morgan fingerprint density at radius 1 is 1.23 bits per heavy atom. The first-order valence-corrected chi connectivity index (χ1v) is 4.99. The lowest BCUT2D eigenvalue weighted by molar-refractivity contribution is 0.0820. The van der Waals surface area contributed by atoms with Crippen molar-refractivity contribution in [2.24, 2.45) is 0 Å². The van der Waals surface area contributed by atoms with E-state index in [0.717, 1.165) is 6.54 Å². The highest BCUT2D eigenvalue weighted by atomic mass is 79.9. The van der Waals surface area contributed by atoms with Crippen molar-refractivity contribution in [1.82, 2.24) is 10.0 Å². The van der Waals surface area contributed by atoms with Gasteiger partial charge in [0.2, 0.25) is 0 Å². The van der Waals surface area contributed by atoms with E-state index in [2.05, 4.69) is 36.3 Å². The Hall–Kier alpha value is -0.0200. The summed E-state index contributed by atoms with van der Waals surface area (Å²) in [4.78, 5) is 0. The average molecular weight is 249 g/mol. The predicted molar refractivity (Wildman–Crippen MR) is 62.9 cm³/mol. The molecule has 0 saturated heterocycles. The summed E-state index contributed by atoms with van der Waals surface area (Å²) >= 11 is 0. The minimum Gasteiger partial charge on any atom is -0.313 e. The molecule has 0 amide bonds. The zero-order valence-corrected chi connectivity index (χ0v) is 10.4. The highest BCUT2D eigenvalue weighted by Crippen LogP contribution is 2.07. The Morgan fingerprint density at radius 2 is 2.00 bits per heavy atom. The summed E-state index contributed by atoms with van der Waals surface area (Å²) in [5.74, 6) is 0. The maximum absolute atomic E-state index is 2.30. The van der Waals surface area contributed by atoms with Crippen LogP contribution >= 0.6 is 17.0 Å². The number of nitrogens with zero attached hydrogens (tertiary/aromatic N) is 2. The van der Waals surface area contributed by atoms with Crippen LogP contribution in [0.1, 0.15) is 32.6 Å². The lowest BCUT2D eigenvalue weighted by Gasteiger charge is -2.24. The van der Waals surface area contributed by atoms with Gasteiger partial charge in [-0.15, -0.1) is 17.0 Å². The van der Waals surface area contributed by atoms with Gasteiger partial charge in [-0.1, -0.05) is 32.3 Å². The second-order valence-corrected chi connectivity index (χ2v) is 3.45. The van der Waals surface area contributed by atoms with Crippen LogP contribution in [0.25, 0.3) is 0 Å². The lowest BCUT2D eigenvalue weighted by Crippen LogP contribution is -2.32. The van der Waals surface area contributed by atoms with Crippen LogP contribution < -0.4 is 0 Å². The number of hydrogen-bond donors (Lipinski definition) is 0. The van der Waals surface area contributed by atoms with Gasteiger partial charge >= 0.3 is 0 Å². The number of halogens is 1. The van der Waals surface area contributed by atoms with Gasteiger partial charge in [-0.3, -0.25) is 0 Å². The third kappa shape index (κ3) is 4.67. The molecule has 0 aromatic heterocycles. The summed E-state index contributed by atoms with van der Waals surface area (Å²) in [6, 6.07) is 0. The Morgan fingerprint density at radius 3 is 2.54 bits per heavy atom. The van der Waals surface area contributed by atoms with Crippen molar-refractivity contribution in [3.63, 3.8) is 0 Å². The zero-order chi connectivity index (χ0) is 8.81. The van der Waals surface area contributed by atoms with E-state index in [4.69, 9.17) is 0 Å². The SMILES string of the molecule is Br.CCCCCCN1C=CCN1C. The summed E-state index contributed by atoms with van der Waals surface area (Å²) in [7, 11) is 2.14. The van der Waals surface area contributed by atoms with E-state index in [1.165, 1.54) is 32.2 Å². The van der Waals surface area contributed by atoms with Gasteiger partial charge in [0.15, 0.2) is 0 Å². The van der Waals surface area contributed by atoms with Crippen molar-refractivity contribution < 1.29 is 0 Å². The lowest BCUT2D eigenvalue weighted by atomic mass is 10.2. The molecule has 0 bridgehead atoms. The number of unbranched alkanes of at least 4 members (excludes halogenated alkanes) is 3. The van der Waals surface area contributed by atoms with Crippen molar-refractivity contribution in [3.8, 4) is 0 Å². The summed E-state index contributed by atoms with van der Waals surface area (Å²) in [6.07, 6.45) is 9.79. The standard InChI is InChI=1S/C10H20N2.BrH/c1-3-4-5-6-9-12-10-7-8-11(12)2;/h7,10H,3-6,8-9H2,1-2H3;1H. The van der Waals surface area contributed by atoms with E-state index in [1.807, 2.05) is 0 Å². The molecule has 2 nitrogen and oxygen atoms in total. The summed E-state index contributed by atoms with van der Waals surface area (Å²) in [5.41, 5.74) is 0. The van der Waals surface area contributed by atoms with Crippen LogP contribution in [0.3, 0.4) is 0 Å². The van der Waals surface area contributed by atoms with Gasteiger partial charge in [-0.2, -0.15) is 0 Å². The van der Waals surface area contributed by atoms with Gasteiger partial charge in [-0.25, -0.2) is 5.01 Å². The van der Waals surface area contributed by atoms with Gasteiger partial charge in [0.25, 0.3) is 0 Å². The van der Waals surface area contributed by atoms with E-state index in [-0.39, 0.29) is 17.0 Å². The summed E-state index contributed by atoms with van der Waals surface area (Å²) in [5, 5.41) is 4.56. The molecule has 1 aliphatic heterocycles. The predicted octanol–water partition coefficient (Wildman–Crippen LogP) is 2.82. The Bertz CT molecular complexity index is 148. The molecule has 1 rings (SSSR count). The van der Waals surface area contributed by atoms with Crippen LogP contribution in [0.5, 0.6) is 0 Å². The third-order valence-electron chi connectivity index (χ3n) is 2.33. The number of likely N-dealkylation sites (N-methyl/N-ethyl adjacent to an activating group) is 1. The van der Waals surface area contributed by atoms with Crippen LogP contribution in [0.15, 0.2) is 12.3 Å². The smallest absolute Gasteiger partial charge is 0.0375 e. The van der Waals surface area contributed by atoms with E-state index in [0.29, 0.717) is 0 Å². The molecule has 0 unspecified atom stereocenters. The van der Waals surface area contributed by atoms with Crippen LogP contribution in [0, 0.1) is 0 Å². The molecule has 0 aliphatic carbocycles. The molecular formula is C10H21BrN2. The van der Waals surface area contributed by atoms with Gasteiger partial charge < -0.3 is 5.01 Å². The van der Waals surface area contributed by atoms with Crippen LogP contribution in [-0.2, 0) is 0 Å². The van der Waals surface area contributed by atoms with E-state index < -0.39 is 0 Å². The van der Waals surface area contributed by atoms with Crippen LogP contribution in [-0.4, -0.2) is 30.2 Å². The van der Waals surface area contributed by atoms with Gasteiger partial charge in [0.1, 0.15) is 0 Å². The van der Waals surface area contributed by atoms with Crippen LogP contribution in [0.4, 0.5) is 0 Å². The first-order chi connectivity index (χ1) is 5.84. The van der Waals surface area contributed by atoms with Crippen molar-refractivity contribution in [2.75, 3.05) is 20.1 Å². The molecule has 1 heterocycles. The fraction of sp³-hybridized carbons (Fsp3) is 0.800. The molecular weight excluding hydrogens is 228 g/mol. The van der Waals surface area contributed by atoms with Gasteiger partial charge in [0, 0.05) is 26.3 Å². The third-order valence-corrected chi connectivity index (χ3v) is 2.33. The largest absolute Gasteiger partial charge is 0.313 e. The second-order valence-electron chi connectivity index (χ2n) is 3.45. The number of hydrazine groups is 1. The normalized spacial score (nSPS) is 16.3. The molecule has 0 spiro atoms. The number of rotatable bonds is 5. The van der Waals surface area contributed by atoms with Crippen LogP contribution in [0.2, 0.25) is 0 Å². The molecule has 3 heteroatoms. The maximum atomic E-state index is 2.30. The molecule has 0 radical (unpaired) electrons. The van der Waals surface area contributed by atoms with E-state index in [1.54, 1.807) is 0 Å². The fourth-order valence-electron chi connectivity index (χ4n) is 1.49. The molecule has 78 valence electrons. The molecule has 0 atom stereocenters. The molecule has 1 aliphatic rings. The van der Waals surface area contributed by atoms with Crippen molar-refractivity contribution in [2.45, 2.75) is 32.6 Å². The van der Waals surface area contributed by atoms with Crippen molar-refractivity contribution >= 4 is 17.0 Å². The van der Waals surface area contributed by atoms with Crippen molar-refractivity contribution in [1.29, 1.82) is 0 Å². The molecule has 0 fully saturated rings. The molecule has 0 N–H and O–H groups in total. The topological polar surface area (TPSA) is 6.48 Å². The molecule has 0 aromatic rings. The molecule has 13 heavy (non-hydrogen) atoms. The minimum atomic E-state index is 0. The maximum Gasteiger partial charge on any atom is 0.0375 e.